The van der Waals surface area contributed by atoms with Crippen LogP contribution in [0.2, 0.25) is 0 Å². The fourth-order valence-electron chi connectivity index (χ4n) is 8.98. The second-order valence-corrected chi connectivity index (χ2v) is 14.5. The van der Waals surface area contributed by atoms with Gasteiger partial charge in [-0.05, 0) is 62.7 Å². The number of rotatable bonds is 5. The Kier molecular flexibility index (Phi) is 7.42. The highest BCUT2D eigenvalue weighted by Gasteiger charge is 2.50. The van der Waals surface area contributed by atoms with Crippen molar-refractivity contribution in [1.29, 1.82) is 0 Å². The van der Waals surface area contributed by atoms with Crippen LogP contribution in [0, 0.1) is 0 Å². The van der Waals surface area contributed by atoms with Crippen LogP contribution in [-0.4, -0.2) is 11.7 Å². The first-order chi connectivity index (χ1) is 27.8. The van der Waals surface area contributed by atoms with E-state index in [1.165, 1.54) is 27.8 Å². The zero-order valence-corrected chi connectivity index (χ0v) is 30.4. The zero-order valence-electron chi connectivity index (χ0n) is 30.4. The van der Waals surface area contributed by atoms with Crippen molar-refractivity contribution < 1.29 is 4.74 Å². The quantitative estimate of drug-likeness (QED) is 0.193. The number of nitrogens with zero attached hydrogens (tertiary/aromatic N) is 2. The number of ether oxygens (including phenoxy) is 1. The molecule has 2 heterocycles. The average molecular weight is 718 g/mol. The Morgan fingerprint density at radius 3 is 1.71 bits per heavy atom. The van der Waals surface area contributed by atoms with Gasteiger partial charge in [0.05, 0.1) is 5.41 Å². The molecule has 264 valence electrons. The molecule has 0 amide bonds. The predicted octanol–water partition coefficient (Wildman–Crippen LogP) is 12.0. The average Bonchev–Trinajstić information content (AvgIpc) is 3.57. The molecule has 2 aliphatic heterocycles. The van der Waals surface area contributed by atoms with Crippen LogP contribution in [0.4, 0.5) is 0 Å². The fourth-order valence-corrected chi connectivity index (χ4v) is 8.98. The third-order valence-electron chi connectivity index (χ3n) is 11.4. The molecule has 8 aromatic rings. The lowest BCUT2D eigenvalue weighted by molar-refractivity contribution is 0.436. The van der Waals surface area contributed by atoms with Crippen LogP contribution in [0.15, 0.2) is 210 Å². The molecule has 0 radical (unpaired) electrons. The summed E-state index contributed by atoms with van der Waals surface area (Å²) in [5, 5.41) is 3.67. The van der Waals surface area contributed by atoms with Gasteiger partial charge in [0, 0.05) is 27.8 Å². The lowest BCUT2D eigenvalue weighted by Crippen LogP contribution is -2.33. The van der Waals surface area contributed by atoms with Crippen LogP contribution in [-0.2, 0) is 5.41 Å². The Labute approximate surface area is 326 Å². The number of aliphatic imine (C=N–C) groups is 2. The first-order valence-corrected chi connectivity index (χ1v) is 19.1. The number of benzene rings is 8. The van der Waals surface area contributed by atoms with Gasteiger partial charge >= 0.3 is 0 Å². The summed E-state index contributed by atoms with van der Waals surface area (Å²) in [5.41, 5.74) is 14.4. The smallest absolute Gasteiger partial charge is 0.159 e. The molecule has 4 nitrogen and oxygen atoms in total. The second kappa shape index (κ2) is 12.9. The summed E-state index contributed by atoms with van der Waals surface area (Å²) in [4.78, 5) is 10.5. The van der Waals surface area contributed by atoms with Gasteiger partial charge in [0.25, 0.3) is 0 Å². The normalized spacial score (nSPS) is 15.6. The molecule has 56 heavy (non-hydrogen) atoms. The van der Waals surface area contributed by atoms with E-state index >= 15 is 0 Å². The first-order valence-electron chi connectivity index (χ1n) is 19.1. The van der Waals surface area contributed by atoms with Crippen molar-refractivity contribution in [1.82, 2.24) is 5.32 Å². The van der Waals surface area contributed by atoms with Gasteiger partial charge in [0.15, 0.2) is 5.84 Å². The second-order valence-electron chi connectivity index (χ2n) is 14.5. The molecule has 3 aliphatic rings. The van der Waals surface area contributed by atoms with Gasteiger partial charge in [-0.15, -0.1) is 0 Å². The van der Waals surface area contributed by atoms with Crippen LogP contribution >= 0.6 is 0 Å². The molecule has 0 aromatic heterocycles. The molecule has 11 rings (SSSR count). The van der Waals surface area contributed by atoms with Crippen LogP contribution in [0.3, 0.4) is 0 Å². The fraction of sp³-hybridized carbons (Fsp3) is 0.0385. The molecule has 1 N–H and O–H groups in total. The number of fused-ring (bicyclic) bond motifs is 9. The van der Waals surface area contributed by atoms with Crippen LogP contribution in [0.5, 0.6) is 11.5 Å². The topological polar surface area (TPSA) is 46.0 Å². The molecule has 1 unspecified atom stereocenters. The minimum atomic E-state index is -0.491. The monoisotopic (exact) mass is 717 g/mol. The van der Waals surface area contributed by atoms with E-state index in [9.17, 15) is 0 Å². The van der Waals surface area contributed by atoms with Gasteiger partial charge in [-0.3, -0.25) is 0 Å². The minimum absolute atomic E-state index is 0.344. The van der Waals surface area contributed by atoms with Gasteiger partial charge in [-0.2, -0.15) is 0 Å². The van der Waals surface area contributed by atoms with Crippen LogP contribution in [0.1, 0.15) is 45.1 Å². The van der Waals surface area contributed by atoms with E-state index in [2.05, 4.69) is 181 Å². The van der Waals surface area contributed by atoms with Crippen molar-refractivity contribution >= 4 is 11.7 Å². The summed E-state index contributed by atoms with van der Waals surface area (Å²) in [5.74, 6) is 3.21. The third kappa shape index (κ3) is 5.00. The highest BCUT2D eigenvalue weighted by atomic mass is 16.5. The maximum Gasteiger partial charge on any atom is 0.159 e. The number of hydrogen-bond acceptors (Lipinski definition) is 4. The SMILES string of the molecule is c1ccc(C2=NC(c3cccc(-c4ccc5c(c4)Oc4ccccc4C54c5ccccc5-c5ccccc54)c3)=NC(c3ccccc3-c3ccccc3)N2)cc1. The standard InChI is InChI=1S/C52H35N3O/c1-3-16-34(17-4-1)39-22-7-8-25-42(39)51-54-49(35-18-5-2-6-19-35)53-50(55-51)38-21-15-20-36(32-38)37-30-31-46-48(33-37)56-47-29-14-13-28-45(47)52(46)43-26-11-9-23-40(43)41-24-10-12-27-44(41)52/h1-33,51H,(H,53,54,55). The van der Waals surface area contributed by atoms with Crippen molar-refractivity contribution in [3.63, 3.8) is 0 Å². The lowest BCUT2D eigenvalue weighted by atomic mass is 9.66. The van der Waals surface area contributed by atoms with Gasteiger partial charge in [-0.25, -0.2) is 9.98 Å². The number of amidine groups is 2. The maximum absolute atomic E-state index is 6.82. The van der Waals surface area contributed by atoms with Gasteiger partial charge in [0.1, 0.15) is 23.5 Å². The zero-order chi connectivity index (χ0) is 37.1. The predicted molar refractivity (Wildman–Crippen MR) is 227 cm³/mol. The van der Waals surface area contributed by atoms with E-state index in [1.807, 2.05) is 24.3 Å². The Balaban J connectivity index is 1.04. The summed E-state index contributed by atoms with van der Waals surface area (Å²) in [7, 11) is 0. The largest absolute Gasteiger partial charge is 0.457 e. The molecule has 0 bridgehead atoms. The molecule has 8 aromatic carbocycles. The molecule has 1 spiro atoms. The van der Waals surface area contributed by atoms with Crippen molar-refractivity contribution in [3.05, 3.63) is 239 Å². The van der Waals surface area contributed by atoms with E-state index in [1.54, 1.807) is 0 Å². The molecule has 4 heteroatoms. The molecular formula is C52H35N3O. The van der Waals surface area contributed by atoms with Crippen LogP contribution in [0.25, 0.3) is 33.4 Å². The lowest BCUT2D eigenvalue weighted by Gasteiger charge is -2.39. The molecule has 0 saturated carbocycles. The Bertz CT molecular complexity index is 2830. The van der Waals surface area contributed by atoms with Crippen molar-refractivity contribution in [3.8, 4) is 44.9 Å². The molecule has 0 saturated heterocycles. The number of hydrogen-bond donors (Lipinski definition) is 1. The number of nitrogens with one attached hydrogen (secondary N) is 1. The van der Waals surface area contributed by atoms with Crippen molar-refractivity contribution in [2.24, 2.45) is 9.98 Å². The van der Waals surface area contributed by atoms with Crippen LogP contribution < -0.4 is 10.1 Å². The Morgan fingerprint density at radius 1 is 0.411 bits per heavy atom. The van der Waals surface area contributed by atoms with Gasteiger partial charge < -0.3 is 10.1 Å². The van der Waals surface area contributed by atoms with E-state index in [0.717, 1.165) is 61.8 Å². The summed E-state index contributed by atoms with van der Waals surface area (Å²) >= 11 is 0. The summed E-state index contributed by atoms with van der Waals surface area (Å²) < 4.78 is 6.82. The molecule has 1 aliphatic carbocycles. The maximum atomic E-state index is 6.82. The first kappa shape index (κ1) is 32.2. The minimum Gasteiger partial charge on any atom is -0.457 e. The third-order valence-corrected chi connectivity index (χ3v) is 11.4. The number of para-hydroxylation sites is 1. The van der Waals surface area contributed by atoms with Crippen molar-refractivity contribution in [2.45, 2.75) is 11.6 Å². The molecule has 0 fully saturated rings. The van der Waals surface area contributed by atoms with Crippen molar-refractivity contribution in [2.75, 3.05) is 0 Å². The summed E-state index contributed by atoms with van der Waals surface area (Å²) in [6.45, 7) is 0. The molecular weight excluding hydrogens is 683 g/mol. The highest BCUT2D eigenvalue weighted by Crippen LogP contribution is 2.62. The molecule has 1 atom stereocenters. The summed E-state index contributed by atoms with van der Waals surface area (Å²) in [6, 6.07) is 70.7. The Hall–Kier alpha value is -7.30. The van der Waals surface area contributed by atoms with E-state index in [-0.39, 0.29) is 6.17 Å². The highest BCUT2D eigenvalue weighted by molar-refractivity contribution is 6.13. The van der Waals surface area contributed by atoms with E-state index in [0.29, 0.717) is 5.84 Å². The van der Waals surface area contributed by atoms with Gasteiger partial charge in [0.2, 0.25) is 0 Å². The van der Waals surface area contributed by atoms with Gasteiger partial charge in [-0.1, -0.05) is 182 Å². The van der Waals surface area contributed by atoms with E-state index in [4.69, 9.17) is 14.7 Å². The van der Waals surface area contributed by atoms with E-state index < -0.39 is 5.41 Å². The summed E-state index contributed by atoms with van der Waals surface area (Å²) in [6.07, 6.45) is -0.344. The Morgan fingerprint density at radius 2 is 0.964 bits per heavy atom.